The standard InChI is InChI=1S/C47H92N2O4/c1-5-9-11-13-15-17-19-21-23-25-27-29-31-33-35-37-42-51-44-46(45-53-47(50)48-40-39-41-49(7-3)8-4)52-43-38-36-34-32-30-28-26-24-22-20-18-16-14-12-10-6-2/h21-24,46H,5-20,25-45H2,1-4H3,(H,48,50). The van der Waals surface area contributed by atoms with Crippen LogP contribution in [0.3, 0.4) is 0 Å². The molecule has 0 saturated heterocycles. The van der Waals surface area contributed by atoms with Crippen LogP contribution in [0.25, 0.3) is 0 Å². The van der Waals surface area contributed by atoms with Gasteiger partial charge in [0.2, 0.25) is 0 Å². The lowest BCUT2D eigenvalue weighted by Gasteiger charge is -2.19. The fraction of sp³-hybridized carbons (Fsp3) is 0.894. The molecule has 0 radical (unpaired) electrons. The molecule has 314 valence electrons. The molecule has 0 fully saturated rings. The SMILES string of the molecule is CCCCCCCCC=CCCCCCCCCOCC(COC(=O)NCCCN(CC)CC)OCCCCCCCCC=CCCCCCCCC. The van der Waals surface area contributed by atoms with Crippen LogP contribution in [0.2, 0.25) is 0 Å². The van der Waals surface area contributed by atoms with Crippen molar-refractivity contribution >= 4 is 6.09 Å². The Labute approximate surface area is 331 Å². The summed E-state index contributed by atoms with van der Waals surface area (Å²) < 4.78 is 17.8. The Morgan fingerprint density at radius 2 is 0.925 bits per heavy atom. The van der Waals surface area contributed by atoms with E-state index in [1.807, 2.05) is 0 Å². The van der Waals surface area contributed by atoms with E-state index < -0.39 is 0 Å². The number of alkyl carbamates (subject to hydrolysis) is 1. The molecule has 0 aliphatic rings. The number of nitrogens with zero attached hydrogens (tertiary/aromatic N) is 1. The summed E-state index contributed by atoms with van der Waals surface area (Å²) in [4.78, 5) is 14.7. The summed E-state index contributed by atoms with van der Waals surface area (Å²) >= 11 is 0. The average Bonchev–Trinajstić information content (AvgIpc) is 3.17. The first kappa shape index (κ1) is 51.6. The van der Waals surface area contributed by atoms with E-state index in [0.29, 0.717) is 19.8 Å². The topological polar surface area (TPSA) is 60.0 Å². The third-order valence-corrected chi connectivity index (χ3v) is 10.3. The van der Waals surface area contributed by atoms with Crippen molar-refractivity contribution in [2.45, 2.75) is 220 Å². The summed E-state index contributed by atoms with van der Waals surface area (Å²) in [7, 11) is 0. The quantitative estimate of drug-likeness (QED) is 0.0497. The van der Waals surface area contributed by atoms with Gasteiger partial charge in [-0.2, -0.15) is 0 Å². The first-order valence-corrected chi connectivity index (χ1v) is 23.3. The first-order valence-electron chi connectivity index (χ1n) is 23.3. The molecule has 0 aliphatic carbocycles. The number of allylic oxidation sites excluding steroid dienone is 4. The lowest BCUT2D eigenvalue weighted by molar-refractivity contribution is -0.0468. The second kappa shape index (κ2) is 45.0. The van der Waals surface area contributed by atoms with E-state index in [0.717, 1.165) is 45.5 Å². The average molecular weight is 749 g/mol. The Balaban J connectivity index is 4.08. The van der Waals surface area contributed by atoms with Crippen LogP contribution in [-0.2, 0) is 14.2 Å². The number of unbranched alkanes of at least 4 members (excludes halogenated alkanes) is 24. The molecule has 0 aromatic rings. The van der Waals surface area contributed by atoms with Gasteiger partial charge in [-0.3, -0.25) is 0 Å². The van der Waals surface area contributed by atoms with E-state index in [2.05, 4.69) is 62.2 Å². The van der Waals surface area contributed by atoms with Crippen LogP contribution in [-0.4, -0.2) is 69.7 Å². The molecule has 6 heteroatoms. The molecule has 0 rings (SSSR count). The van der Waals surface area contributed by atoms with Crippen molar-refractivity contribution in [3.05, 3.63) is 24.3 Å². The summed E-state index contributed by atoms with van der Waals surface area (Å²) in [5, 5.41) is 2.90. The molecule has 1 N–H and O–H groups in total. The second-order valence-electron chi connectivity index (χ2n) is 15.3. The molecule has 0 spiro atoms. The molecule has 0 heterocycles. The Kier molecular flexibility index (Phi) is 43.9. The zero-order valence-electron chi connectivity index (χ0n) is 36.1. The molecule has 6 nitrogen and oxygen atoms in total. The molecular weight excluding hydrogens is 657 g/mol. The molecule has 0 bridgehead atoms. The number of rotatable bonds is 43. The van der Waals surface area contributed by atoms with Gasteiger partial charge in [0.15, 0.2) is 0 Å². The zero-order valence-corrected chi connectivity index (χ0v) is 36.1. The van der Waals surface area contributed by atoms with Crippen molar-refractivity contribution in [3.8, 4) is 0 Å². The summed E-state index contributed by atoms with van der Waals surface area (Å²) in [5.74, 6) is 0. The Bertz CT molecular complexity index is 770. The van der Waals surface area contributed by atoms with Gasteiger partial charge in [0, 0.05) is 19.8 Å². The monoisotopic (exact) mass is 749 g/mol. The minimum Gasteiger partial charge on any atom is -0.447 e. The van der Waals surface area contributed by atoms with Crippen LogP contribution in [0.1, 0.15) is 214 Å². The fourth-order valence-corrected chi connectivity index (χ4v) is 6.66. The lowest BCUT2D eigenvalue weighted by Crippen LogP contribution is -2.33. The molecule has 1 amide bonds. The van der Waals surface area contributed by atoms with Crippen molar-refractivity contribution < 1.29 is 19.0 Å². The van der Waals surface area contributed by atoms with Gasteiger partial charge in [-0.05, 0) is 90.3 Å². The molecule has 53 heavy (non-hydrogen) atoms. The highest BCUT2D eigenvalue weighted by atomic mass is 16.6. The largest absolute Gasteiger partial charge is 0.447 e. The van der Waals surface area contributed by atoms with Gasteiger partial charge in [-0.1, -0.05) is 168 Å². The Morgan fingerprint density at radius 3 is 1.38 bits per heavy atom. The number of amides is 1. The van der Waals surface area contributed by atoms with Crippen LogP contribution >= 0.6 is 0 Å². The van der Waals surface area contributed by atoms with Gasteiger partial charge >= 0.3 is 6.09 Å². The number of nitrogens with one attached hydrogen (secondary N) is 1. The van der Waals surface area contributed by atoms with Gasteiger partial charge in [0.05, 0.1) is 6.61 Å². The molecule has 0 aliphatic heterocycles. The smallest absolute Gasteiger partial charge is 0.407 e. The van der Waals surface area contributed by atoms with Crippen molar-refractivity contribution in [2.24, 2.45) is 0 Å². The van der Waals surface area contributed by atoms with Crippen LogP contribution in [0.4, 0.5) is 4.79 Å². The summed E-state index contributed by atoms with van der Waals surface area (Å²) in [6.45, 7) is 14.7. The maximum absolute atomic E-state index is 12.4. The van der Waals surface area contributed by atoms with E-state index in [1.54, 1.807) is 0 Å². The third-order valence-electron chi connectivity index (χ3n) is 10.3. The minimum atomic E-state index is -0.358. The molecule has 0 aromatic heterocycles. The van der Waals surface area contributed by atoms with E-state index in [-0.39, 0.29) is 18.8 Å². The van der Waals surface area contributed by atoms with E-state index in [9.17, 15) is 4.79 Å². The second-order valence-corrected chi connectivity index (χ2v) is 15.3. The predicted octanol–water partition coefficient (Wildman–Crippen LogP) is 13.9. The number of hydrogen-bond acceptors (Lipinski definition) is 5. The highest BCUT2D eigenvalue weighted by Crippen LogP contribution is 2.12. The zero-order chi connectivity index (χ0) is 38.6. The summed E-state index contributed by atoms with van der Waals surface area (Å²) in [6, 6.07) is 0. The van der Waals surface area contributed by atoms with Gasteiger partial charge in [0.1, 0.15) is 12.7 Å². The summed E-state index contributed by atoms with van der Waals surface area (Å²) in [5.41, 5.74) is 0. The van der Waals surface area contributed by atoms with E-state index in [1.165, 1.54) is 167 Å². The van der Waals surface area contributed by atoms with Crippen LogP contribution in [0, 0.1) is 0 Å². The Hall–Kier alpha value is -1.37. The van der Waals surface area contributed by atoms with Gasteiger partial charge < -0.3 is 24.4 Å². The highest BCUT2D eigenvalue weighted by Gasteiger charge is 2.13. The Morgan fingerprint density at radius 1 is 0.509 bits per heavy atom. The molecule has 0 aromatic carbocycles. The minimum absolute atomic E-state index is 0.214. The van der Waals surface area contributed by atoms with Crippen LogP contribution in [0.5, 0.6) is 0 Å². The van der Waals surface area contributed by atoms with Crippen molar-refractivity contribution in [2.75, 3.05) is 52.6 Å². The molecule has 1 atom stereocenters. The number of hydrogen-bond donors (Lipinski definition) is 1. The van der Waals surface area contributed by atoms with E-state index in [4.69, 9.17) is 14.2 Å². The van der Waals surface area contributed by atoms with Crippen LogP contribution < -0.4 is 5.32 Å². The van der Waals surface area contributed by atoms with Crippen molar-refractivity contribution in [3.63, 3.8) is 0 Å². The van der Waals surface area contributed by atoms with Crippen LogP contribution in [0.15, 0.2) is 24.3 Å². The highest BCUT2D eigenvalue weighted by molar-refractivity contribution is 5.67. The van der Waals surface area contributed by atoms with Crippen molar-refractivity contribution in [1.29, 1.82) is 0 Å². The summed E-state index contributed by atoms with van der Waals surface area (Å²) in [6.07, 6.45) is 46.4. The molecule has 0 saturated carbocycles. The number of carbonyl (C=O) groups is 1. The third kappa shape index (κ3) is 41.6. The van der Waals surface area contributed by atoms with Gasteiger partial charge in [0.25, 0.3) is 0 Å². The normalized spacial score (nSPS) is 12.5. The lowest BCUT2D eigenvalue weighted by atomic mass is 10.1. The fourth-order valence-electron chi connectivity index (χ4n) is 6.66. The number of carbonyl (C=O) groups excluding carboxylic acids is 1. The molecular formula is C47H92N2O4. The van der Waals surface area contributed by atoms with Gasteiger partial charge in [-0.15, -0.1) is 0 Å². The van der Waals surface area contributed by atoms with Crippen molar-refractivity contribution in [1.82, 2.24) is 10.2 Å². The maximum atomic E-state index is 12.4. The number of ether oxygens (including phenoxy) is 3. The van der Waals surface area contributed by atoms with Gasteiger partial charge in [-0.25, -0.2) is 4.79 Å². The first-order chi connectivity index (χ1) is 26.2. The maximum Gasteiger partial charge on any atom is 0.407 e. The predicted molar refractivity (Wildman–Crippen MR) is 231 cm³/mol. The van der Waals surface area contributed by atoms with E-state index >= 15 is 0 Å². The molecule has 1 unspecified atom stereocenters.